The van der Waals surface area contributed by atoms with Crippen molar-refractivity contribution in [3.63, 3.8) is 0 Å². The van der Waals surface area contributed by atoms with Crippen LogP contribution in [0.3, 0.4) is 0 Å². The predicted octanol–water partition coefficient (Wildman–Crippen LogP) is 2.58. The van der Waals surface area contributed by atoms with Crippen LogP contribution in [0.1, 0.15) is 40.5 Å². The van der Waals surface area contributed by atoms with E-state index in [1.165, 1.54) is 11.8 Å². The van der Waals surface area contributed by atoms with Crippen LogP contribution < -0.4 is 10.2 Å². The molecule has 2 amide bonds. The number of nitrogens with one attached hydrogen (secondary N) is 1. The van der Waals surface area contributed by atoms with Crippen LogP contribution in [-0.4, -0.2) is 64.2 Å². The van der Waals surface area contributed by atoms with E-state index in [9.17, 15) is 9.59 Å². The molecular formula is C18H28ClN5O2S. The summed E-state index contributed by atoms with van der Waals surface area (Å²) < 4.78 is 0. The molecule has 1 aliphatic heterocycles. The molecule has 2 rings (SSSR count). The van der Waals surface area contributed by atoms with Gasteiger partial charge in [-0.2, -0.15) is 0 Å². The minimum atomic E-state index is -0.0419. The standard InChI is InChI=1S/C18H28ClN5O2S/c1-5-12(3)20-16(25)11-27-18-21-14(19)9-15(22-18)23-7-8-24(13(4)10-23)17(26)6-2/h9,12-13H,5-8,10-11H2,1-4H3,(H,20,25)/t12-,13-/m1/s1. The molecule has 0 bridgehead atoms. The summed E-state index contributed by atoms with van der Waals surface area (Å²) in [6.07, 6.45) is 1.40. The Hall–Kier alpha value is -1.54. The summed E-state index contributed by atoms with van der Waals surface area (Å²) in [7, 11) is 0. The highest BCUT2D eigenvalue weighted by molar-refractivity contribution is 7.99. The average Bonchev–Trinajstić information content (AvgIpc) is 2.65. The number of hydrogen-bond donors (Lipinski definition) is 1. The number of amides is 2. The molecule has 1 saturated heterocycles. The first kappa shape index (κ1) is 21.8. The predicted molar refractivity (Wildman–Crippen MR) is 109 cm³/mol. The highest BCUT2D eigenvalue weighted by atomic mass is 35.5. The fourth-order valence-electron chi connectivity index (χ4n) is 2.90. The van der Waals surface area contributed by atoms with Gasteiger partial charge in [0, 0.05) is 44.2 Å². The first-order valence-electron chi connectivity index (χ1n) is 9.35. The Kier molecular flexibility index (Phi) is 8.16. The minimum absolute atomic E-state index is 0.0419. The van der Waals surface area contributed by atoms with E-state index < -0.39 is 0 Å². The Bertz CT molecular complexity index is 675. The first-order chi connectivity index (χ1) is 12.8. The maximum atomic E-state index is 12.0. The molecule has 150 valence electrons. The third kappa shape index (κ3) is 6.24. The van der Waals surface area contributed by atoms with Crippen LogP contribution in [0.25, 0.3) is 0 Å². The Balaban J connectivity index is 2.01. The van der Waals surface area contributed by atoms with E-state index in [2.05, 4.69) is 20.2 Å². The quantitative estimate of drug-likeness (QED) is 0.420. The molecule has 0 radical (unpaired) electrons. The molecule has 0 unspecified atom stereocenters. The molecule has 1 aliphatic rings. The van der Waals surface area contributed by atoms with Gasteiger partial charge >= 0.3 is 0 Å². The van der Waals surface area contributed by atoms with Gasteiger partial charge < -0.3 is 15.1 Å². The Morgan fingerprint density at radius 3 is 2.74 bits per heavy atom. The summed E-state index contributed by atoms with van der Waals surface area (Å²) in [4.78, 5) is 36.8. The lowest BCUT2D eigenvalue weighted by atomic mass is 10.1. The highest BCUT2D eigenvalue weighted by Crippen LogP contribution is 2.24. The van der Waals surface area contributed by atoms with Gasteiger partial charge in [-0.15, -0.1) is 0 Å². The van der Waals surface area contributed by atoms with Crippen molar-refractivity contribution in [2.75, 3.05) is 30.3 Å². The number of piperazine rings is 1. The monoisotopic (exact) mass is 413 g/mol. The van der Waals surface area contributed by atoms with Crippen molar-refractivity contribution in [1.82, 2.24) is 20.2 Å². The van der Waals surface area contributed by atoms with Gasteiger partial charge in [-0.05, 0) is 20.3 Å². The summed E-state index contributed by atoms with van der Waals surface area (Å²) in [6, 6.07) is 1.99. The fraction of sp³-hybridized carbons (Fsp3) is 0.667. The smallest absolute Gasteiger partial charge is 0.230 e. The van der Waals surface area contributed by atoms with Crippen LogP contribution in [-0.2, 0) is 9.59 Å². The van der Waals surface area contributed by atoms with Crippen LogP contribution >= 0.6 is 23.4 Å². The summed E-state index contributed by atoms with van der Waals surface area (Å²) in [5, 5.41) is 3.76. The third-order valence-corrected chi connectivity index (χ3v) is 5.63. The highest BCUT2D eigenvalue weighted by Gasteiger charge is 2.27. The Labute approximate surface area is 170 Å². The number of anilines is 1. The van der Waals surface area contributed by atoms with Crippen molar-refractivity contribution in [2.24, 2.45) is 0 Å². The number of nitrogens with zero attached hydrogens (tertiary/aromatic N) is 4. The second-order valence-electron chi connectivity index (χ2n) is 6.73. The molecular weight excluding hydrogens is 386 g/mol. The zero-order valence-corrected chi connectivity index (χ0v) is 17.9. The van der Waals surface area contributed by atoms with E-state index in [1.54, 1.807) is 6.07 Å². The van der Waals surface area contributed by atoms with Crippen molar-refractivity contribution in [3.05, 3.63) is 11.2 Å². The number of hydrogen-bond acceptors (Lipinski definition) is 6. The number of rotatable bonds is 7. The lowest BCUT2D eigenvalue weighted by Crippen LogP contribution is -2.54. The summed E-state index contributed by atoms with van der Waals surface area (Å²) in [5.41, 5.74) is 0. The molecule has 1 fully saturated rings. The molecule has 1 aromatic heterocycles. The van der Waals surface area contributed by atoms with Crippen molar-refractivity contribution >= 4 is 41.0 Å². The molecule has 0 spiro atoms. The topological polar surface area (TPSA) is 78.4 Å². The largest absolute Gasteiger partial charge is 0.353 e. The number of carbonyl (C=O) groups is 2. The van der Waals surface area contributed by atoms with Crippen molar-refractivity contribution < 1.29 is 9.59 Å². The number of carbonyl (C=O) groups excluding carboxylic acids is 2. The van der Waals surface area contributed by atoms with Gasteiger partial charge in [-0.3, -0.25) is 9.59 Å². The van der Waals surface area contributed by atoms with Crippen molar-refractivity contribution in [1.29, 1.82) is 0 Å². The van der Waals surface area contributed by atoms with Gasteiger partial charge in [0.1, 0.15) is 11.0 Å². The van der Waals surface area contributed by atoms with Gasteiger partial charge in [-0.25, -0.2) is 9.97 Å². The summed E-state index contributed by atoms with van der Waals surface area (Å²) >= 11 is 7.45. The Morgan fingerprint density at radius 1 is 1.37 bits per heavy atom. The van der Waals surface area contributed by atoms with Crippen LogP contribution in [0, 0.1) is 0 Å². The molecule has 27 heavy (non-hydrogen) atoms. The number of thioether (sulfide) groups is 1. The zero-order valence-electron chi connectivity index (χ0n) is 16.4. The van der Waals surface area contributed by atoms with Crippen LogP contribution in [0.15, 0.2) is 11.2 Å². The number of aromatic nitrogens is 2. The van der Waals surface area contributed by atoms with Crippen LogP contribution in [0.5, 0.6) is 0 Å². The molecule has 2 atom stereocenters. The summed E-state index contributed by atoms with van der Waals surface area (Å²) in [6.45, 7) is 9.97. The van der Waals surface area contributed by atoms with E-state index in [0.717, 1.165) is 12.2 Å². The van der Waals surface area contributed by atoms with Crippen LogP contribution in [0.4, 0.5) is 5.82 Å². The lowest BCUT2D eigenvalue weighted by molar-refractivity contribution is -0.133. The lowest BCUT2D eigenvalue weighted by Gasteiger charge is -2.40. The maximum absolute atomic E-state index is 12.0. The van der Waals surface area contributed by atoms with E-state index in [1.807, 2.05) is 32.6 Å². The summed E-state index contributed by atoms with van der Waals surface area (Å²) in [5.74, 6) is 1.11. The van der Waals surface area contributed by atoms with Crippen LogP contribution in [0.2, 0.25) is 5.15 Å². The SMILES string of the molecule is CCC(=O)N1CCN(c2cc(Cl)nc(SCC(=O)N[C@H](C)CC)n2)C[C@H]1C. The van der Waals surface area contributed by atoms with Gasteiger partial charge in [0.25, 0.3) is 0 Å². The molecule has 0 aromatic carbocycles. The molecule has 1 N–H and O–H groups in total. The Morgan fingerprint density at radius 2 is 2.11 bits per heavy atom. The molecule has 9 heteroatoms. The number of halogens is 1. The molecule has 1 aromatic rings. The minimum Gasteiger partial charge on any atom is -0.353 e. The normalized spacial score (nSPS) is 18.3. The van der Waals surface area contributed by atoms with E-state index in [0.29, 0.717) is 36.4 Å². The molecule has 7 nitrogen and oxygen atoms in total. The average molecular weight is 414 g/mol. The van der Waals surface area contributed by atoms with Gasteiger partial charge in [0.15, 0.2) is 5.16 Å². The first-order valence-corrected chi connectivity index (χ1v) is 10.7. The van der Waals surface area contributed by atoms with Gasteiger partial charge in [0.05, 0.1) is 5.75 Å². The van der Waals surface area contributed by atoms with Gasteiger partial charge in [-0.1, -0.05) is 37.2 Å². The van der Waals surface area contributed by atoms with Crippen molar-refractivity contribution in [2.45, 2.75) is 57.8 Å². The van der Waals surface area contributed by atoms with E-state index in [4.69, 9.17) is 11.6 Å². The maximum Gasteiger partial charge on any atom is 0.230 e. The molecule has 0 aliphatic carbocycles. The van der Waals surface area contributed by atoms with Gasteiger partial charge in [0.2, 0.25) is 11.8 Å². The zero-order chi connectivity index (χ0) is 20.0. The molecule has 0 saturated carbocycles. The van der Waals surface area contributed by atoms with E-state index >= 15 is 0 Å². The third-order valence-electron chi connectivity index (χ3n) is 4.59. The van der Waals surface area contributed by atoms with Crippen molar-refractivity contribution in [3.8, 4) is 0 Å². The fourth-order valence-corrected chi connectivity index (χ4v) is 3.79. The van der Waals surface area contributed by atoms with E-state index in [-0.39, 0.29) is 29.7 Å². The second kappa shape index (κ2) is 10.1. The second-order valence-corrected chi connectivity index (χ2v) is 8.06. The molecule has 2 heterocycles.